The van der Waals surface area contributed by atoms with E-state index in [1.54, 1.807) is 18.2 Å². The van der Waals surface area contributed by atoms with Crippen LogP contribution in [0.25, 0.3) is 0 Å². The molecule has 122 valence electrons. The first kappa shape index (κ1) is 16.8. The number of carbonyl (C=O) groups is 4. The molecule has 2 N–H and O–H groups in total. The van der Waals surface area contributed by atoms with Crippen molar-refractivity contribution in [2.75, 3.05) is 24.2 Å². The van der Waals surface area contributed by atoms with Gasteiger partial charge in [-0.3, -0.25) is 19.3 Å². The van der Waals surface area contributed by atoms with E-state index in [2.05, 4.69) is 10.6 Å². The summed E-state index contributed by atoms with van der Waals surface area (Å²) < 4.78 is 4.91. The second-order valence-electron chi connectivity index (χ2n) is 4.60. The predicted molar refractivity (Wildman–Crippen MR) is 84.3 cm³/mol. The fourth-order valence-electron chi connectivity index (χ4n) is 1.86. The van der Waals surface area contributed by atoms with Crippen LogP contribution >= 0.6 is 11.8 Å². The highest BCUT2D eigenvalue weighted by molar-refractivity contribution is 8.14. The first-order chi connectivity index (χ1) is 11.0. The number of hydrogen-bond acceptors (Lipinski definition) is 6. The molecule has 0 aromatic heterocycles. The Balaban J connectivity index is 1.79. The highest BCUT2D eigenvalue weighted by Gasteiger charge is 2.29. The number of thioether (sulfide) groups is 1. The zero-order valence-electron chi connectivity index (χ0n) is 12.3. The van der Waals surface area contributed by atoms with Gasteiger partial charge >= 0.3 is 12.0 Å². The SMILES string of the molecule is CC(=O)Oc1cccc(NC(=O)NCCN2C(=O)CSC2=O)c1. The van der Waals surface area contributed by atoms with E-state index >= 15 is 0 Å². The molecule has 0 saturated carbocycles. The fraction of sp³-hybridized carbons (Fsp3) is 0.286. The lowest BCUT2D eigenvalue weighted by molar-refractivity contribution is -0.132. The number of rotatable bonds is 5. The van der Waals surface area contributed by atoms with Crippen LogP contribution in [0.5, 0.6) is 5.75 Å². The number of imide groups is 1. The summed E-state index contributed by atoms with van der Waals surface area (Å²) in [5.41, 5.74) is 0.449. The minimum Gasteiger partial charge on any atom is -0.427 e. The van der Waals surface area contributed by atoms with Gasteiger partial charge in [0, 0.05) is 31.8 Å². The summed E-state index contributed by atoms with van der Waals surface area (Å²) in [6.07, 6.45) is 0. The third-order valence-electron chi connectivity index (χ3n) is 2.82. The molecule has 1 aromatic rings. The van der Waals surface area contributed by atoms with Gasteiger partial charge < -0.3 is 15.4 Å². The van der Waals surface area contributed by atoms with Gasteiger partial charge in [-0.1, -0.05) is 17.8 Å². The molecule has 8 nitrogen and oxygen atoms in total. The Morgan fingerprint density at radius 1 is 1.35 bits per heavy atom. The lowest BCUT2D eigenvalue weighted by Crippen LogP contribution is -2.39. The van der Waals surface area contributed by atoms with Crippen LogP contribution in [-0.2, 0) is 9.59 Å². The van der Waals surface area contributed by atoms with E-state index in [-0.39, 0.29) is 30.0 Å². The monoisotopic (exact) mass is 337 g/mol. The molecule has 0 atom stereocenters. The first-order valence-corrected chi connectivity index (χ1v) is 7.75. The number of hydrogen-bond donors (Lipinski definition) is 2. The molecule has 1 aliphatic heterocycles. The molecule has 1 aliphatic rings. The van der Waals surface area contributed by atoms with Crippen molar-refractivity contribution in [2.24, 2.45) is 0 Å². The van der Waals surface area contributed by atoms with Gasteiger partial charge in [0.15, 0.2) is 0 Å². The number of amides is 4. The van der Waals surface area contributed by atoms with Gasteiger partial charge in [-0.15, -0.1) is 0 Å². The van der Waals surface area contributed by atoms with Crippen molar-refractivity contribution in [2.45, 2.75) is 6.92 Å². The summed E-state index contributed by atoms with van der Waals surface area (Å²) in [4.78, 5) is 46.5. The zero-order chi connectivity index (χ0) is 16.8. The molecule has 0 unspecified atom stereocenters. The maximum absolute atomic E-state index is 11.8. The fourth-order valence-corrected chi connectivity index (χ4v) is 2.61. The van der Waals surface area contributed by atoms with Crippen molar-refractivity contribution in [1.82, 2.24) is 10.2 Å². The van der Waals surface area contributed by atoms with Crippen LogP contribution in [0.4, 0.5) is 15.3 Å². The van der Waals surface area contributed by atoms with Gasteiger partial charge in [0.1, 0.15) is 5.75 Å². The number of esters is 1. The Morgan fingerprint density at radius 2 is 2.13 bits per heavy atom. The number of nitrogens with zero attached hydrogens (tertiary/aromatic N) is 1. The predicted octanol–water partition coefficient (Wildman–Crippen LogP) is 1.43. The van der Waals surface area contributed by atoms with Crippen molar-refractivity contribution in [3.05, 3.63) is 24.3 Å². The van der Waals surface area contributed by atoms with Crippen molar-refractivity contribution in [3.8, 4) is 5.75 Å². The number of ether oxygens (including phenoxy) is 1. The summed E-state index contributed by atoms with van der Waals surface area (Å²) in [5, 5.41) is 4.81. The van der Waals surface area contributed by atoms with Crippen LogP contribution in [0.2, 0.25) is 0 Å². The Morgan fingerprint density at radius 3 is 2.78 bits per heavy atom. The standard InChI is InChI=1S/C14H15N3O5S/c1-9(18)22-11-4-2-3-10(7-11)16-13(20)15-5-6-17-12(19)8-23-14(17)21/h2-4,7H,5-6,8H2,1H3,(H2,15,16,20). The van der Waals surface area contributed by atoms with Gasteiger partial charge in [0.25, 0.3) is 5.24 Å². The molecule has 1 saturated heterocycles. The Bertz CT molecular complexity index is 633. The van der Waals surface area contributed by atoms with Crippen LogP contribution in [0, 0.1) is 0 Å². The largest absolute Gasteiger partial charge is 0.427 e. The summed E-state index contributed by atoms with van der Waals surface area (Å²) in [6.45, 7) is 1.56. The molecule has 0 bridgehead atoms. The van der Waals surface area contributed by atoms with Crippen molar-refractivity contribution in [1.29, 1.82) is 0 Å². The molecule has 1 heterocycles. The molecular weight excluding hydrogens is 322 g/mol. The van der Waals surface area contributed by atoms with E-state index in [4.69, 9.17) is 4.74 Å². The summed E-state index contributed by atoms with van der Waals surface area (Å²) in [7, 11) is 0. The molecule has 23 heavy (non-hydrogen) atoms. The van der Waals surface area contributed by atoms with Crippen LogP contribution in [0.15, 0.2) is 24.3 Å². The van der Waals surface area contributed by atoms with Crippen LogP contribution in [0.1, 0.15) is 6.92 Å². The van der Waals surface area contributed by atoms with Crippen molar-refractivity contribution in [3.63, 3.8) is 0 Å². The molecule has 0 aliphatic carbocycles. The minimum absolute atomic E-state index is 0.131. The average Bonchev–Trinajstić information content (AvgIpc) is 2.78. The molecule has 2 rings (SSSR count). The molecule has 0 radical (unpaired) electrons. The zero-order valence-corrected chi connectivity index (χ0v) is 13.1. The molecular formula is C14H15N3O5S. The van der Waals surface area contributed by atoms with Gasteiger partial charge in [-0.25, -0.2) is 4.79 Å². The van der Waals surface area contributed by atoms with E-state index in [1.165, 1.54) is 13.0 Å². The molecule has 0 spiro atoms. The van der Waals surface area contributed by atoms with Crippen molar-refractivity contribution >= 4 is 40.6 Å². The van der Waals surface area contributed by atoms with E-state index in [9.17, 15) is 19.2 Å². The van der Waals surface area contributed by atoms with Crippen LogP contribution in [0.3, 0.4) is 0 Å². The second-order valence-corrected chi connectivity index (χ2v) is 5.53. The first-order valence-electron chi connectivity index (χ1n) is 6.76. The molecule has 4 amide bonds. The molecule has 1 fully saturated rings. The normalized spacial score (nSPS) is 13.9. The molecule has 9 heteroatoms. The Labute approximate surface area is 136 Å². The van der Waals surface area contributed by atoms with E-state index in [0.717, 1.165) is 16.7 Å². The number of carbonyl (C=O) groups excluding carboxylic acids is 4. The quantitative estimate of drug-likeness (QED) is 0.622. The minimum atomic E-state index is -0.489. The Kier molecular flexibility index (Phi) is 5.58. The van der Waals surface area contributed by atoms with E-state index in [0.29, 0.717) is 11.4 Å². The topological polar surface area (TPSA) is 105 Å². The van der Waals surface area contributed by atoms with Gasteiger partial charge in [0.05, 0.1) is 5.75 Å². The van der Waals surface area contributed by atoms with E-state index < -0.39 is 12.0 Å². The number of urea groups is 1. The van der Waals surface area contributed by atoms with Crippen molar-refractivity contribution < 1.29 is 23.9 Å². The number of nitrogens with one attached hydrogen (secondary N) is 2. The number of anilines is 1. The summed E-state index contributed by atoms with van der Waals surface area (Å²) >= 11 is 0.949. The molecule has 1 aromatic carbocycles. The second kappa shape index (κ2) is 7.63. The Hall–Kier alpha value is -2.55. The lowest BCUT2D eigenvalue weighted by atomic mass is 10.3. The summed E-state index contributed by atoms with van der Waals surface area (Å²) in [5.74, 6) is -0.241. The van der Waals surface area contributed by atoms with Crippen LogP contribution in [-0.4, -0.2) is 46.9 Å². The average molecular weight is 337 g/mol. The smallest absolute Gasteiger partial charge is 0.319 e. The highest BCUT2D eigenvalue weighted by atomic mass is 32.2. The van der Waals surface area contributed by atoms with Gasteiger partial charge in [-0.2, -0.15) is 0 Å². The van der Waals surface area contributed by atoms with Crippen LogP contribution < -0.4 is 15.4 Å². The number of benzene rings is 1. The van der Waals surface area contributed by atoms with Gasteiger partial charge in [0.2, 0.25) is 5.91 Å². The highest BCUT2D eigenvalue weighted by Crippen LogP contribution is 2.18. The maximum atomic E-state index is 11.8. The van der Waals surface area contributed by atoms with E-state index in [1.807, 2.05) is 0 Å². The maximum Gasteiger partial charge on any atom is 0.319 e. The third kappa shape index (κ3) is 4.99. The summed E-state index contributed by atoms with van der Waals surface area (Å²) in [6, 6.07) is 5.87. The van der Waals surface area contributed by atoms with Gasteiger partial charge in [-0.05, 0) is 12.1 Å². The third-order valence-corrected chi connectivity index (χ3v) is 3.67. The lowest BCUT2D eigenvalue weighted by Gasteiger charge is -2.13.